The van der Waals surface area contributed by atoms with Gasteiger partial charge in [0.15, 0.2) is 5.96 Å². The van der Waals surface area contributed by atoms with E-state index in [1.54, 1.807) is 13.3 Å². The number of likely N-dealkylation sites (tertiary alicyclic amines) is 1. The quantitative estimate of drug-likeness (QED) is 0.374. The van der Waals surface area contributed by atoms with E-state index in [2.05, 4.69) is 46.5 Å². The minimum absolute atomic E-state index is 0. The third-order valence-corrected chi connectivity index (χ3v) is 4.69. The number of guanidine groups is 1. The standard InChI is InChI=1S/C20H29N5O.HI/c1-3-21-20(24-14-10-18(15-24)16-26-2)22-12-9-17-5-7-19(8-6-17)25-13-4-11-23-25;/h4-8,11,13,18H,3,9-10,12,14-16H2,1-2H3,(H,21,22);1H. The highest BCUT2D eigenvalue weighted by atomic mass is 127. The number of methoxy groups -OCH3 is 1. The molecule has 0 amide bonds. The van der Waals surface area contributed by atoms with Crippen LogP contribution in [0.1, 0.15) is 18.9 Å². The molecule has 1 aromatic heterocycles. The molecular weight excluding hydrogens is 453 g/mol. The maximum atomic E-state index is 5.30. The average molecular weight is 483 g/mol. The van der Waals surface area contributed by atoms with Crippen LogP contribution in [0, 0.1) is 5.92 Å². The summed E-state index contributed by atoms with van der Waals surface area (Å²) in [7, 11) is 1.78. The van der Waals surface area contributed by atoms with Gasteiger partial charge in [0.25, 0.3) is 0 Å². The fourth-order valence-corrected chi connectivity index (χ4v) is 3.35. The number of ether oxygens (including phenoxy) is 1. The summed E-state index contributed by atoms with van der Waals surface area (Å²) in [4.78, 5) is 7.19. The molecule has 1 saturated heterocycles. The Morgan fingerprint density at radius 1 is 1.33 bits per heavy atom. The van der Waals surface area contributed by atoms with E-state index >= 15 is 0 Å². The number of nitrogens with zero attached hydrogens (tertiary/aromatic N) is 4. The maximum absolute atomic E-state index is 5.30. The van der Waals surface area contributed by atoms with Crippen molar-refractivity contribution in [1.82, 2.24) is 20.0 Å². The van der Waals surface area contributed by atoms with E-state index in [1.165, 1.54) is 12.0 Å². The van der Waals surface area contributed by atoms with Crippen LogP contribution in [0.5, 0.6) is 0 Å². The van der Waals surface area contributed by atoms with E-state index in [1.807, 2.05) is 16.9 Å². The predicted molar refractivity (Wildman–Crippen MR) is 120 cm³/mol. The number of rotatable bonds is 7. The lowest BCUT2D eigenvalue weighted by molar-refractivity contribution is 0.157. The molecule has 6 nitrogen and oxygen atoms in total. The Bertz CT molecular complexity index is 687. The van der Waals surface area contributed by atoms with E-state index in [0.717, 1.165) is 50.9 Å². The second-order valence-electron chi connectivity index (χ2n) is 6.66. The molecule has 1 aliphatic heterocycles. The summed E-state index contributed by atoms with van der Waals surface area (Å²) in [6.45, 7) is 6.71. The van der Waals surface area contributed by atoms with Crippen LogP contribution >= 0.6 is 24.0 Å². The van der Waals surface area contributed by atoms with Gasteiger partial charge in [-0.1, -0.05) is 12.1 Å². The van der Waals surface area contributed by atoms with E-state index in [-0.39, 0.29) is 24.0 Å². The number of benzene rings is 1. The van der Waals surface area contributed by atoms with Gasteiger partial charge < -0.3 is 15.0 Å². The summed E-state index contributed by atoms with van der Waals surface area (Å²) in [6.07, 6.45) is 5.85. The van der Waals surface area contributed by atoms with Crippen molar-refractivity contribution < 1.29 is 4.74 Å². The number of nitrogens with one attached hydrogen (secondary N) is 1. The van der Waals surface area contributed by atoms with Gasteiger partial charge in [-0.3, -0.25) is 4.99 Å². The van der Waals surface area contributed by atoms with Gasteiger partial charge in [0, 0.05) is 51.6 Å². The van der Waals surface area contributed by atoms with E-state index < -0.39 is 0 Å². The molecule has 7 heteroatoms. The van der Waals surface area contributed by atoms with Crippen LogP contribution < -0.4 is 5.32 Å². The van der Waals surface area contributed by atoms with Crippen molar-refractivity contribution in [3.05, 3.63) is 48.3 Å². The lowest BCUT2D eigenvalue weighted by atomic mass is 10.1. The van der Waals surface area contributed by atoms with Crippen molar-refractivity contribution in [3.63, 3.8) is 0 Å². The Morgan fingerprint density at radius 2 is 2.15 bits per heavy atom. The van der Waals surface area contributed by atoms with Gasteiger partial charge in [0.2, 0.25) is 0 Å². The fourth-order valence-electron chi connectivity index (χ4n) is 3.35. The smallest absolute Gasteiger partial charge is 0.193 e. The maximum Gasteiger partial charge on any atom is 0.193 e. The van der Waals surface area contributed by atoms with Gasteiger partial charge in [0.05, 0.1) is 12.3 Å². The first-order valence-electron chi connectivity index (χ1n) is 9.41. The van der Waals surface area contributed by atoms with Crippen molar-refractivity contribution in [2.75, 3.05) is 39.9 Å². The number of aromatic nitrogens is 2. The van der Waals surface area contributed by atoms with Gasteiger partial charge >= 0.3 is 0 Å². The molecule has 0 radical (unpaired) electrons. The molecule has 2 aromatic rings. The first kappa shape index (κ1) is 21.7. The lowest BCUT2D eigenvalue weighted by Crippen LogP contribution is -2.40. The molecule has 3 rings (SSSR count). The van der Waals surface area contributed by atoms with Crippen LogP contribution in [0.2, 0.25) is 0 Å². The summed E-state index contributed by atoms with van der Waals surface area (Å²) in [6, 6.07) is 10.5. The van der Waals surface area contributed by atoms with Gasteiger partial charge in [-0.2, -0.15) is 5.10 Å². The zero-order valence-electron chi connectivity index (χ0n) is 16.2. The molecule has 1 fully saturated rings. The van der Waals surface area contributed by atoms with Gasteiger partial charge in [-0.05, 0) is 43.5 Å². The summed E-state index contributed by atoms with van der Waals surface area (Å²) >= 11 is 0. The van der Waals surface area contributed by atoms with E-state index in [4.69, 9.17) is 9.73 Å². The van der Waals surface area contributed by atoms with Crippen LogP contribution in [0.15, 0.2) is 47.7 Å². The number of aliphatic imine (C=N–C) groups is 1. The molecule has 1 unspecified atom stereocenters. The summed E-state index contributed by atoms with van der Waals surface area (Å²) in [5, 5.41) is 7.68. The highest BCUT2D eigenvalue weighted by molar-refractivity contribution is 14.0. The average Bonchev–Trinajstić information content (AvgIpc) is 3.34. The van der Waals surface area contributed by atoms with Crippen LogP contribution in [0.25, 0.3) is 5.69 Å². The summed E-state index contributed by atoms with van der Waals surface area (Å²) in [5.41, 5.74) is 2.37. The SMILES string of the molecule is CCNC(=NCCc1ccc(-n2cccn2)cc1)N1CCC(COC)C1.I. The Kier molecular flexibility index (Phi) is 9.06. The summed E-state index contributed by atoms with van der Waals surface area (Å²) in [5.74, 6) is 1.64. The van der Waals surface area contributed by atoms with Crippen LogP contribution in [-0.4, -0.2) is 60.5 Å². The second-order valence-corrected chi connectivity index (χ2v) is 6.66. The molecule has 1 aromatic carbocycles. The zero-order chi connectivity index (χ0) is 18.2. The molecule has 1 N–H and O–H groups in total. The van der Waals surface area contributed by atoms with E-state index in [0.29, 0.717) is 5.92 Å². The Hall–Kier alpha value is -1.61. The van der Waals surface area contributed by atoms with E-state index in [9.17, 15) is 0 Å². The fraction of sp³-hybridized carbons (Fsp3) is 0.500. The molecule has 27 heavy (non-hydrogen) atoms. The number of halogens is 1. The third kappa shape index (κ3) is 6.21. The van der Waals surface area contributed by atoms with Crippen molar-refractivity contribution in [3.8, 4) is 5.69 Å². The Balaban J connectivity index is 0.00000261. The molecule has 2 heterocycles. The highest BCUT2D eigenvalue weighted by Crippen LogP contribution is 2.16. The predicted octanol–water partition coefficient (Wildman–Crippen LogP) is 2.97. The molecule has 0 bridgehead atoms. The van der Waals surface area contributed by atoms with Crippen LogP contribution in [0.3, 0.4) is 0 Å². The number of hydrogen-bond acceptors (Lipinski definition) is 3. The largest absolute Gasteiger partial charge is 0.384 e. The van der Waals surface area contributed by atoms with Gasteiger partial charge in [-0.25, -0.2) is 4.68 Å². The van der Waals surface area contributed by atoms with Crippen molar-refractivity contribution in [2.24, 2.45) is 10.9 Å². The molecule has 0 spiro atoms. The first-order chi connectivity index (χ1) is 12.8. The second kappa shape index (κ2) is 11.3. The normalized spacial score (nSPS) is 17.0. The lowest BCUT2D eigenvalue weighted by Gasteiger charge is -2.21. The number of hydrogen-bond donors (Lipinski definition) is 1. The molecule has 0 saturated carbocycles. The van der Waals surface area contributed by atoms with Crippen molar-refractivity contribution in [2.45, 2.75) is 19.8 Å². The summed E-state index contributed by atoms with van der Waals surface area (Å²) < 4.78 is 7.17. The van der Waals surface area contributed by atoms with Crippen LogP contribution in [0.4, 0.5) is 0 Å². The Labute approximate surface area is 179 Å². The monoisotopic (exact) mass is 483 g/mol. The van der Waals surface area contributed by atoms with Gasteiger partial charge in [-0.15, -0.1) is 24.0 Å². The minimum atomic E-state index is 0. The molecule has 1 atom stereocenters. The minimum Gasteiger partial charge on any atom is -0.384 e. The first-order valence-corrected chi connectivity index (χ1v) is 9.41. The third-order valence-electron chi connectivity index (χ3n) is 4.69. The van der Waals surface area contributed by atoms with Crippen molar-refractivity contribution >= 4 is 29.9 Å². The topological polar surface area (TPSA) is 54.7 Å². The molecule has 0 aliphatic carbocycles. The zero-order valence-corrected chi connectivity index (χ0v) is 18.5. The van der Waals surface area contributed by atoms with Gasteiger partial charge in [0.1, 0.15) is 0 Å². The Morgan fingerprint density at radius 3 is 2.81 bits per heavy atom. The van der Waals surface area contributed by atoms with Crippen LogP contribution in [-0.2, 0) is 11.2 Å². The molecular formula is C20H30IN5O. The molecule has 1 aliphatic rings. The molecule has 148 valence electrons. The highest BCUT2D eigenvalue weighted by Gasteiger charge is 2.24. The van der Waals surface area contributed by atoms with Crippen molar-refractivity contribution in [1.29, 1.82) is 0 Å².